The highest BCUT2D eigenvalue weighted by molar-refractivity contribution is 5.41. The summed E-state index contributed by atoms with van der Waals surface area (Å²) in [5, 5.41) is 37.1. The summed E-state index contributed by atoms with van der Waals surface area (Å²) in [5.74, 6) is -0.492. The molecule has 3 N–H and O–H groups in total. The molecule has 6 fully saturated rings. The van der Waals surface area contributed by atoms with Crippen molar-refractivity contribution in [3.63, 3.8) is 0 Å². The molecule has 5 aliphatic carbocycles. The maximum atomic E-state index is 12.9. The molecule has 8 heteroatoms. The van der Waals surface area contributed by atoms with E-state index >= 15 is 0 Å². The Morgan fingerprint density at radius 1 is 1.06 bits per heavy atom. The lowest BCUT2D eigenvalue weighted by Crippen LogP contribution is -2.82. The van der Waals surface area contributed by atoms with E-state index < -0.39 is 34.7 Å². The first-order valence-corrected chi connectivity index (χ1v) is 12.7. The summed E-state index contributed by atoms with van der Waals surface area (Å²) in [6, 6.07) is -0.312. The Kier molecular flexibility index (Phi) is 4.99. The third-order valence-corrected chi connectivity index (χ3v) is 11.5. The van der Waals surface area contributed by atoms with Gasteiger partial charge in [-0.2, -0.15) is 0 Å². The lowest BCUT2D eigenvalue weighted by molar-refractivity contribution is -0.318. The molecule has 8 nitrogen and oxygen atoms in total. The van der Waals surface area contributed by atoms with Crippen LogP contribution < -0.4 is 0 Å². The molecule has 5 saturated carbocycles. The van der Waals surface area contributed by atoms with Gasteiger partial charge in [-0.15, -0.1) is 0 Å². The average molecular weight is 468 g/mol. The molecule has 0 aromatic heterocycles. The minimum absolute atomic E-state index is 0.00825. The second-order valence-corrected chi connectivity index (χ2v) is 11.9. The summed E-state index contributed by atoms with van der Waals surface area (Å²) in [7, 11) is 6.85. The highest BCUT2D eigenvalue weighted by Crippen LogP contribution is 2.80. The highest BCUT2D eigenvalue weighted by atomic mass is 16.5. The van der Waals surface area contributed by atoms with Gasteiger partial charge >= 0.3 is 0 Å². The van der Waals surface area contributed by atoms with Crippen molar-refractivity contribution in [3.05, 3.63) is 0 Å². The summed E-state index contributed by atoms with van der Waals surface area (Å²) in [4.78, 5) is 2.38. The van der Waals surface area contributed by atoms with Gasteiger partial charge in [-0.1, -0.05) is 6.92 Å². The van der Waals surface area contributed by atoms with Crippen LogP contribution in [0.1, 0.15) is 32.6 Å². The number of rotatable bonds is 6. The Hall–Kier alpha value is -0.320. The van der Waals surface area contributed by atoms with Crippen molar-refractivity contribution >= 4 is 0 Å². The first-order valence-electron chi connectivity index (χ1n) is 12.7. The van der Waals surface area contributed by atoms with E-state index in [9.17, 15) is 15.3 Å². The van der Waals surface area contributed by atoms with Crippen molar-refractivity contribution in [2.75, 3.05) is 48.1 Å². The number of likely N-dealkylation sites (N-methyl/N-ethyl adjacent to an activating group) is 1. The molecule has 1 aliphatic heterocycles. The predicted molar refractivity (Wildman–Crippen MR) is 119 cm³/mol. The minimum Gasteiger partial charge on any atom is -0.392 e. The Labute approximate surface area is 196 Å². The normalized spacial score (nSPS) is 60.9. The van der Waals surface area contributed by atoms with Crippen LogP contribution in [0.3, 0.4) is 0 Å². The molecule has 0 aromatic rings. The zero-order chi connectivity index (χ0) is 23.6. The Bertz CT molecular complexity index is 814. The molecule has 1 heterocycles. The van der Waals surface area contributed by atoms with Gasteiger partial charge in [-0.3, -0.25) is 4.90 Å². The van der Waals surface area contributed by atoms with E-state index in [1.807, 2.05) is 0 Å². The number of aliphatic hydroxyl groups excluding tert-OH is 1. The maximum Gasteiger partial charge on any atom is 0.136 e. The largest absolute Gasteiger partial charge is 0.392 e. The Balaban J connectivity index is 1.68. The molecule has 6 aliphatic rings. The monoisotopic (exact) mass is 467 g/mol. The zero-order valence-corrected chi connectivity index (χ0v) is 20.6. The van der Waals surface area contributed by atoms with Crippen LogP contribution in [0.5, 0.6) is 0 Å². The van der Waals surface area contributed by atoms with Gasteiger partial charge in [0.25, 0.3) is 0 Å². The number of methoxy groups -OCH3 is 4. The van der Waals surface area contributed by atoms with Crippen LogP contribution in [0.4, 0.5) is 0 Å². The van der Waals surface area contributed by atoms with Gasteiger partial charge in [0, 0.05) is 70.0 Å². The Morgan fingerprint density at radius 3 is 2.42 bits per heavy atom. The summed E-state index contributed by atoms with van der Waals surface area (Å²) in [6.45, 7) is 4.28. The molecule has 7 bridgehead atoms. The SMILES string of the molecule is CCN1C[C@]2(COC)CCC(OC)C34C5CC6C(OC)C[C@@](O)(C5[C@H]6O)[C@@](O)([C@H]13)[C@@H](OC)C42. The number of hydrogen-bond acceptors (Lipinski definition) is 8. The van der Waals surface area contributed by atoms with Crippen LogP contribution in [-0.2, 0) is 18.9 Å². The van der Waals surface area contributed by atoms with Crippen LogP contribution >= 0.6 is 0 Å². The first-order chi connectivity index (χ1) is 15.8. The maximum absolute atomic E-state index is 12.9. The van der Waals surface area contributed by atoms with E-state index in [0.29, 0.717) is 13.0 Å². The van der Waals surface area contributed by atoms with Crippen LogP contribution in [0.2, 0.25) is 0 Å². The number of aliphatic hydroxyl groups is 3. The van der Waals surface area contributed by atoms with Gasteiger partial charge in [0.15, 0.2) is 0 Å². The van der Waals surface area contributed by atoms with E-state index in [1.54, 1.807) is 28.4 Å². The van der Waals surface area contributed by atoms with Crippen molar-refractivity contribution in [1.29, 1.82) is 0 Å². The molecule has 6 rings (SSSR count). The lowest BCUT2D eigenvalue weighted by atomic mass is 9.42. The molecule has 188 valence electrons. The predicted octanol–water partition coefficient (Wildman–Crippen LogP) is 0.271. The number of hydrogen-bond donors (Lipinski definition) is 3. The summed E-state index contributed by atoms with van der Waals surface area (Å²) < 4.78 is 24.2. The molecule has 1 spiro atoms. The molecule has 33 heavy (non-hydrogen) atoms. The number of fused-ring (bicyclic) bond motifs is 2. The van der Waals surface area contributed by atoms with Crippen LogP contribution in [0.15, 0.2) is 0 Å². The number of ether oxygens (including phenoxy) is 4. The molecule has 0 radical (unpaired) electrons. The standard InChI is InChI=1S/C25H41NO7/c1-6-26-11-22(12-30-2)8-7-16(32-4)24-14-9-13-15(31-3)10-23(28,17(14)18(13)27)25(29,21(24)26)20(33-5)19(22)24/h13-21,27-29H,6-12H2,1-5H3/t13?,14?,15?,16?,17?,18-,19?,20-,21+,22-,23+,24?,25-/m0/s1. The quantitative estimate of drug-likeness (QED) is 0.512. The molecule has 0 amide bonds. The number of likely N-dealkylation sites (tertiary alicyclic amines) is 1. The molecule has 1 saturated heterocycles. The summed E-state index contributed by atoms with van der Waals surface area (Å²) in [6.07, 6.45) is 1.21. The lowest BCUT2D eigenvalue weighted by Gasteiger charge is -2.70. The van der Waals surface area contributed by atoms with Crippen molar-refractivity contribution in [1.82, 2.24) is 4.90 Å². The van der Waals surface area contributed by atoms with E-state index in [4.69, 9.17) is 18.9 Å². The second-order valence-electron chi connectivity index (χ2n) is 11.9. The molecular weight excluding hydrogens is 426 g/mol. The second kappa shape index (κ2) is 7.13. The molecule has 13 atom stereocenters. The van der Waals surface area contributed by atoms with Gasteiger partial charge in [-0.25, -0.2) is 0 Å². The first kappa shape index (κ1) is 23.1. The van der Waals surface area contributed by atoms with Crippen molar-refractivity contribution in [2.24, 2.45) is 34.5 Å². The number of nitrogens with zero attached hydrogens (tertiary/aromatic N) is 1. The van der Waals surface area contributed by atoms with Crippen LogP contribution in [0.25, 0.3) is 0 Å². The highest BCUT2D eigenvalue weighted by Gasteiger charge is 2.91. The molecule has 7 unspecified atom stereocenters. The topological polar surface area (TPSA) is 101 Å². The summed E-state index contributed by atoms with van der Waals surface area (Å²) in [5.41, 5.74) is -3.70. The van der Waals surface area contributed by atoms with Gasteiger partial charge in [0.1, 0.15) is 11.2 Å². The summed E-state index contributed by atoms with van der Waals surface area (Å²) >= 11 is 0. The van der Waals surface area contributed by atoms with Crippen molar-refractivity contribution in [3.8, 4) is 0 Å². The third-order valence-electron chi connectivity index (χ3n) is 11.5. The van der Waals surface area contributed by atoms with Gasteiger partial charge in [0.2, 0.25) is 0 Å². The van der Waals surface area contributed by atoms with E-state index in [1.165, 1.54) is 0 Å². The van der Waals surface area contributed by atoms with Gasteiger partial charge in [-0.05, 0) is 31.7 Å². The zero-order valence-electron chi connectivity index (χ0n) is 20.6. The van der Waals surface area contributed by atoms with Crippen LogP contribution in [0, 0.1) is 34.5 Å². The van der Waals surface area contributed by atoms with Gasteiger partial charge < -0.3 is 34.3 Å². The minimum atomic E-state index is -1.55. The molecular formula is C25H41NO7. The van der Waals surface area contributed by atoms with Crippen molar-refractivity contribution in [2.45, 2.75) is 74.3 Å². The van der Waals surface area contributed by atoms with Gasteiger partial charge in [0.05, 0.1) is 37.1 Å². The Morgan fingerprint density at radius 2 is 1.82 bits per heavy atom. The third kappa shape index (κ3) is 2.20. The van der Waals surface area contributed by atoms with Crippen molar-refractivity contribution < 1.29 is 34.3 Å². The average Bonchev–Trinajstić information content (AvgIpc) is 3.16. The smallest absolute Gasteiger partial charge is 0.136 e. The van der Waals surface area contributed by atoms with Crippen LogP contribution in [-0.4, -0.2) is 110 Å². The van der Waals surface area contributed by atoms with E-state index in [0.717, 1.165) is 32.4 Å². The van der Waals surface area contributed by atoms with E-state index in [2.05, 4.69) is 11.8 Å². The van der Waals surface area contributed by atoms with E-state index in [-0.39, 0.29) is 41.4 Å². The fourth-order valence-electron chi connectivity index (χ4n) is 11.0. The number of piperidine rings is 1. The fraction of sp³-hybridized carbons (Fsp3) is 1.00. The molecule has 0 aromatic carbocycles. The fourth-order valence-corrected chi connectivity index (χ4v) is 11.0.